The molecule has 0 spiro atoms. The zero-order valence-corrected chi connectivity index (χ0v) is 10.6. The first-order valence-corrected chi connectivity index (χ1v) is 6.64. The van der Waals surface area contributed by atoms with Crippen LogP contribution in [0.25, 0.3) is 4.96 Å². The minimum atomic E-state index is 0.421. The molecule has 0 bridgehead atoms. The molecule has 1 saturated heterocycles. The lowest BCUT2D eigenvalue weighted by Gasteiger charge is -2.24. The lowest BCUT2D eigenvalue weighted by Crippen LogP contribution is -2.33. The molecule has 17 heavy (non-hydrogen) atoms. The fourth-order valence-electron chi connectivity index (χ4n) is 2.29. The van der Waals surface area contributed by atoms with Crippen molar-refractivity contribution in [2.24, 2.45) is 5.73 Å². The Labute approximate surface area is 104 Å². The van der Waals surface area contributed by atoms with Crippen LogP contribution in [0.1, 0.15) is 12.1 Å². The summed E-state index contributed by atoms with van der Waals surface area (Å²) in [5, 5.41) is 2.03. The van der Waals surface area contributed by atoms with Gasteiger partial charge in [-0.1, -0.05) is 0 Å². The second-order valence-electron chi connectivity index (χ2n) is 4.27. The summed E-state index contributed by atoms with van der Waals surface area (Å²) in [6.07, 6.45) is 3.09. The summed E-state index contributed by atoms with van der Waals surface area (Å²) >= 11 is 1.64. The lowest BCUT2D eigenvalue weighted by molar-refractivity contribution is 0.193. The van der Waals surface area contributed by atoms with E-state index in [1.54, 1.807) is 11.3 Å². The van der Waals surface area contributed by atoms with Crippen LogP contribution in [-0.2, 0) is 11.3 Å². The number of anilines is 1. The highest BCUT2D eigenvalue weighted by Gasteiger charge is 2.25. The Bertz CT molecular complexity index is 514. The summed E-state index contributed by atoms with van der Waals surface area (Å²) < 4.78 is 7.50. The standard InChI is InChI=1S/C11H16N4OS/c1-14(8-2-4-16-7-8)10-9(6-12)15-3-5-17-11(15)13-10/h3,5,8H,2,4,6-7,12H2,1H3. The van der Waals surface area contributed by atoms with E-state index in [1.807, 2.05) is 11.6 Å². The summed E-state index contributed by atoms with van der Waals surface area (Å²) in [5.41, 5.74) is 6.92. The van der Waals surface area contributed by atoms with Crippen molar-refractivity contribution in [1.29, 1.82) is 0 Å². The Hall–Kier alpha value is -1.11. The highest BCUT2D eigenvalue weighted by atomic mass is 32.1. The molecule has 2 aromatic heterocycles. The number of rotatable bonds is 3. The third-order valence-electron chi connectivity index (χ3n) is 3.32. The number of likely N-dealkylation sites (N-methyl/N-ethyl adjacent to an activating group) is 1. The first-order valence-electron chi connectivity index (χ1n) is 5.76. The van der Waals surface area contributed by atoms with Crippen LogP contribution in [0.2, 0.25) is 0 Å². The molecule has 0 aromatic carbocycles. The molecule has 0 amide bonds. The van der Waals surface area contributed by atoms with Gasteiger partial charge in [0, 0.05) is 31.8 Å². The van der Waals surface area contributed by atoms with Crippen molar-refractivity contribution >= 4 is 22.1 Å². The van der Waals surface area contributed by atoms with Crippen LogP contribution in [0.4, 0.5) is 5.82 Å². The fourth-order valence-corrected chi connectivity index (χ4v) is 3.02. The molecule has 2 N–H and O–H groups in total. The second kappa shape index (κ2) is 4.29. The van der Waals surface area contributed by atoms with Crippen molar-refractivity contribution < 1.29 is 4.74 Å². The molecule has 5 nitrogen and oxygen atoms in total. The maximum Gasteiger partial charge on any atom is 0.195 e. The van der Waals surface area contributed by atoms with Crippen molar-refractivity contribution in [2.45, 2.75) is 19.0 Å². The molecule has 1 atom stereocenters. The van der Waals surface area contributed by atoms with E-state index in [4.69, 9.17) is 10.5 Å². The quantitative estimate of drug-likeness (QED) is 0.888. The molecule has 0 aliphatic carbocycles. The van der Waals surface area contributed by atoms with Crippen LogP contribution in [-0.4, -0.2) is 35.7 Å². The molecule has 92 valence electrons. The number of nitrogens with zero attached hydrogens (tertiary/aromatic N) is 3. The Morgan fingerprint density at radius 1 is 1.71 bits per heavy atom. The normalized spacial score (nSPS) is 20.2. The first-order chi connectivity index (χ1) is 8.31. The summed E-state index contributed by atoms with van der Waals surface area (Å²) in [4.78, 5) is 7.87. The van der Waals surface area contributed by atoms with Gasteiger partial charge in [-0.25, -0.2) is 4.98 Å². The van der Waals surface area contributed by atoms with E-state index >= 15 is 0 Å². The first kappa shape index (κ1) is 11.0. The average molecular weight is 252 g/mol. The zero-order chi connectivity index (χ0) is 11.8. The van der Waals surface area contributed by atoms with Crippen LogP contribution in [0, 0.1) is 0 Å². The van der Waals surface area contributed by atoms with E-state index in [9.17, 15) is 0 Å². The van der Waals surface area contributed by atoms with E-state index in [0.29, 0.717) is 12.6 Å². The SMILES string of the molecule is CN(c1nc2sccn2c1CN)C1CCOC1. The molecule has 2 aromatic rings. The van der Waals surface area contributed by atoms with Crippen molar-refractivity contribution in [3.05, 3.63) is 17.3 Å². The maximum atomic E-state index is 5.84. The van der Waals surface area contributed by atoms with Gasteiger partial charge in [0.25, 0.3) is 0 Å². The monoisotopic (exact) mass is 252 g/mol. The van der Waals surface area contributed by atoms with Crippen LogP contribution >= 0.6 is 11.3 Å². The van der Waals surface area contributed by atoms with Crippen molar-refractivity contribution in [1.82, 2.24) is 9.38 Å². The van der Waals surface area contributed by atoms with Crippen molar-refractivity contribution in [3.63, 3.8) is 0 Å². The number of ether oxygens (including phenoxy) is 1. The molecule has 1 aliphatic rings. The molecular formula is C11H16N4OS. The molecule has 3 heterocycles. The Balaban J connectivity index is 2.00. The molecule has 1 aliphatic heterocycles. The van der Waals surface area contributed by atoms with E-state index in [2.05, 4.69) is 21.3 Å². The van der Waals surface area contributed by atoms with Gasteiger partial charge in [-0.15, -0.1) is 11.3 Å². The number of fused-ring (bicyclic) bond motifs is 1. The van der Waals surface area contributed by atoms with Gasteiger partial charge in [-0.05, 0) is 6.42 Å². The summed E-state index contributed by atoms with van der Waals surface area (Å²) in [6.45, 7) is 2.13. The minimum absolute atomic E-state index is 0.421. The maximum absolute atomic E-state index is 5.84. The molecular weight excluding hydrogens is 236 g/mol. The lowest BCUT2D eigenvalue weighted by atomic mass is 10.2. The van der Waals surface area contributed by atoms with E-state index < -0.39 is 0 Å². The Morgan fingerprint density at radius 2 is 2.59 bits per heavy atom. The fraction of sp³-hybridized carbons (Fsp3) is 0.545. The third-order valence-corrected chi connectivity index (χ3v) is 4.08. The van der Waals surface area contributed by atoms with Crippen LogP contribution in [0.15, 0.2) is 11.6 Å². The average Bonchev–Trinajstić information content (AvgIpc) is 3.03. The van der Waals surface area contributed by atoms with E-state index in [-0.39, 0.29) is 0 Å². The van der Waals surface area contributed by atoms with Gasteiger partial charge >= 0.3 is 0 Å². The molecule has 0 saturated carbocycles. The predicted octanol–water partition coefficient (Wildman–Crippen LogP) is 1.08. The Morgan fingerprint density at radius 3 is 3.29 bits per heavy atom. The molecule has 3 rings (SSSR count). The largest absolute Gasteiger partial charge is 0.379 e. The topological polar surface area (TPSA) is 55.8 Å². The number of aromatic nitrogens is 2. The number of thiazole rings is 1. The van der Waals surface area contributed by atoms with Crippen LogP contribution < -0.4 is 10.6 Å². The van der Waals surface area contributed by atoms with Gasteiger partial charge < -0.3 is 15.4 Å². The number of hydrogen-bond donors (Lipinski definition) is 1. The summed E-state index contributed by atoms with van der Waals surface area (Å²) in [7, 11) is 2.07. The van der Waals surface area contributed by atoms with Crippen LogP contribution in [0.5, 0.6) is 0 Å². The smallest absolute Gasteiger partial charge is 0.195 e. The van der Waals surface area contributed by atoms with Gasteiger partial charge in [0.15, 0.2) is 10.8 Å². The highest BCUT2D eigenvalue weighted by molar-refractivity contribution is 7.15. The second-order valence-corrected chi connectivity index (χ2v) is 5.14. The number of imidazole rings is 1. The minimum Gasteiger partial charge on any atom is -0.379 e. The third kappa shape index (κ3) is 1.72. The molecule has 1 unspecified atom stereocenters. The molecule has 6 heteroatoms. The molecule has 1 fully saturated rings. The van der Waals surface area contributed by atoms with E-state index in [0.717, 1.165) is 36.1 Å². The zero-order valence-electron chi connectivity index (χ0n) is 9.80. The summed E-state index contributed by atoms with van der Waals surface area (Å²) in [6, 6.07) is 0.421. The highest BCUT2D eigenvalue weighted by Crippen LogP contribution is 2.26. The number of nitrogens with two attached hydrogens (primary N) is 1. The molecule has 0 radical (unpaired) electrons. The van der Waals surface area contributed by atoms with Gasteiger partial charge in [0.05, 0.1) is 18.3 Å². The predicted molar refractivity (Wildman–Crippen MR) is 68.6 cm³/mol. The Kier molecular flexibility index (Phi) is 2.78. The van der Waals surface area contributed by atoms with Gasteiger partial charge in [0.2, 0.25) is 0 Å². The van der Waals surface area contributed by atoms with Gasteiger partial charge in [0.1, 0.15) is 0 Å². The van der Waals surface area contributed by atoms with Gasteiger partial charge in [-0.2, -0.15) is 0 Å². The van der Waals surface area contributed by atoms with Gasteiger partial charge in [-0.3, -0.25) is 4.40 Å². The van der Waals surface area contributed by atoms with Crippen molar-refractivity contribution in [3.8, 4) is 0 Å². The summed E-state index contributed by atoms with van der Waals surface area (Å²) in [5.74, 6) is 0.995. The van der Waals surface area contributed by atoms with Crippen LogP contribution in [0.3, 0.4) is 0 Å². The van der Waals surface area contributed by atoms with Crippen molar-refractivity contribution in [2.75, 3.05) is 25.2 Å². The number of hydrogen-bond acceptors (Lipinski definition) is 5. The van der Waals surface area contributed by atoms with E-state index in [1.165, 1.54) is 0 Å².